The number of hydrogen-bond acceptors (Lipinski definition) is 4. The lowest BCUT2D eigenvalue weighted by Crippen LogP contribution is -2.13. The number of hydrogen-bond donors (Lipinski definition) is 1. The highest BCUT2D eigenvalue weighted by molar-refractivity contribution is 9.10. The van der Waals surface area contributed by atoms with Gasteiger partial charge in [0.2, 0.25) is 0 Å². The number of carbonyl (C=O) groups is 1. The van der Waals surface area contributed by atoms with Crippen molar-refractivity contribution in [1.82, 2.24) is 4.98 Å². The topological polar surface area (TPSA) is 85.1 Å². The Hall–Kier alpha value is -2.28. The number of halogens is 1. The summed E-state index contributed by atoms with van der Waals surface area (Å²) in [6.07, 6.45) is 1.13. The van der Waals surface area contributed by atoms with E-state index < -0.39 is 4.92 Å². The van der Waals surface area contributed by atoms with Crippen LogP contribution in [0.5, 0.6) is 0 Å². The van der Waals surface area contributed by atoms with E-state index in [0.717, 1.165) is 10.7 Å². The molecule has 1 N–H and O–H groups in total. The van der Waals surface area contributed by atoms with E-state index in [1.165, 1.54) is 6.07 Å². The number of pyridine rings is 1. The van der Waals surface area contributed by atoms with Gasteiger partial charge in [-0.1, -0.05) is 15.9 Å². The van der Waals surface area contributed by atoms with Crippen LogP contribution >= 0.6 is 15.9 Å². The molecule has 102 valence electrons. The molecule has 20 heavy (non-hydrogen) atoms. The van der Waals surface area contributed by atoms with Gasteiger partial charge in [-0.15, -0.1) is 0 Å². The van der Waals surface area contributed by atoms with Gasteiger partial charge in [0, 0.05) is 15.6 Å². The second-order valence-corrected chi connectivity index (χ2v) is 4.99. The van der Waals surface area contributed by atoms with Crippen molar-refractivity contribution in [3.05, 3.63) is 62.2 Å². The van der Waals surface area contributed by atoms with Gasteiger partial charge >= 0.3 is 0 Å². The van der Waals surface area contributed by atoms with Gasteiger partial charge in [0.05, 0.1) is 4.92 Å². The molecule has 0 fully saturated rings. The van der Waals surface area contributed by atoms with Crippen LogP contribution in [0.2, 0.25) is 0 Å². The molecule has 0 aliphatic carbocycles. The maximum atomic E-state index is 12.0. The average Bonchev–Trinajstić information content (AvgIpc) is 2.39. The molecule has 0 atom stereocenters. The first kappa shape index (κ1) is 14.1. The largest absolute Gasteiger partial charge is 0.307 e. The molecule has 2 aromatic rings. The Bertz CT molecular complexity index is 671. The smallest absolute Gasteiger partial charge is 0.290 e. The lowest BCUT2D eigenvalue weighted by Gasteiger charge is -2.05. The van der Waals surface area contributed by atoms with E-state index in [4.69, 9.17) is 0 Å². The van der Waals surface area contributed by atoms with Crippen LogP contribution in [-0.2, 0) is 0 Å². The summed E-state index contributed by atoms with van der Waals surface area (Å²) in [5.74, 6) is -0.0423. The van der Waals surface area contributed by atoms with E-state index in [-0.39, 0.29) is 17.4 Å². The molecule has 0 saturated heterocycles. The van der Waals surface area contributed by atoms with Gasteiger partial charge in [-0.2, -0.15) is 0 Å². The van der Waals surface area contributed by atoms with Crippen LogP contribution in [0.25, 0.3) is 0 Å². The number of anilines is 1. The lowest BCUT2D eigenvalue weighted by atomic mass is 10.2. The maximum Gasteiger partial charge on any atom is 0.290 e. The minimum Gasteiger partial charge on any atom is -0.307 e. The highest BCUT2D eigenvalue weighted by atomic mass is 79.9. The maximum absolute atomic E-state index is 12.0. The number of nitrogens with one attached hydrogen (secondary N) is 1. The second-order valence-electron chi connectivity index (χ2n) is 4.07. The molecule has 0 aliphatic heterocycles. The quantitative estimate of drug-likeness (QED) is 0.688. The Morgan fingerprint density at radius 3 is 2.55 bits per heavy atom. The summed E-state index contributed by atoms with van der Waals surface area (Å²) >= 11 is 3.28. The molecule has 0 bridgehead atoms. The molecular weight excluding hydrogens is 326 g/mol. The molecule has 0 spiro atoms. The van der Waals surface area contributed by atoms with Gasteiger partial charge in [0.1, 0.15) is 12.0 Å². The summed E-state index contributed by atoms with van der Waals surface area (Å²) in [4.78, 5) is 26.0. The number of carbonyl (C=O) groups excluding carboxylic acids is 1. The third-order valence-corrected chi connectivity index (χ3v) is 3.16. The first-order valence-corrected chi connectivity index (χ1v) is 6.44. The summed E-state index contributed by atoms with van der Waals surface area (Å²) < 4.78 is 0.873. The van der Waals surface area contributed by atoms with Gasteiger partial charge in [0.25, 0.3) is 11.6 Å². The fourth-order valence-electron chi connectivity index (χ4n) is 1.60. The van der Waals surface area contributed by atoms with E-state index >= 15 is 0 Å². The summed E-state index contributed by atoms with van der Waals surface area (Å²) in [6.45, 7) is 1.59. The van der Waals surface area contributed by atoms with Gasteiger partial charge in [-0.25, -0.2) is 4.98 Å². The Kier molecular flexibility index (Phi) is 4.09. The van der Waals surface area contributed by atoms with Crippen molar-refractivity contribution in [2.75, 3.05) is 5.32 Å². The Labute approximate surface area is 123 Å². The summed E-state index contributed by atoms with van der Waals surface area (Å²) in [5.41, 5.74) is 0.841. The van der Waals surface area contributed by atoms with E-state index in [1.54, 1.807) is 31.2 Å². The van der Waals surface area contributed by atoms with Gasteiger partial charge in [-0.3, -0.25) is 14.9 Å². The molecule has 1 heterocycles. The third-order valence-electron chi connectivity index (χ3n) is 2.63. The summed E-state index contributed by atoms with van der Waals surface area (Å²) in [5, 5.41) is 13.3. The van der Waals surface area contributed by atoms with Crippen LogP contribution in [0.4, 0.5) is 11.5 Å². The minimum absolute atomic E-state index is 0.0772. The van der Waals surface area contributed by atoms with Gasteiger partial charge in [0.15, 0.2) is 0 Å². The van der Waals surface area contributed by atoms with Crippen LogP contribution in [0.15, 0.2) is 41.0 Å². The number of benzene rings is 1. The van der Waals surface area contributed by atoms with Crippen molar-refractivity contribution in [3.8, 4) is 0 Å². The number of aryl methyl sites for hydroxylation is 1. The lowest BCUT2D eigenvalue weighted by molar-refractivity contribution is -0.385. The Morgan fingerprint density at radius 2 is 2.00 bits per heavy atom. The van der Waals surface area contributed by atoms with E-state index in [9.17, 15) is 14.9 Å². The monoisotopic (exact) mass is 335 g/mol. The van der Waals surface area contributed by atoms with Crippen molar-refractivity contribution in [1.29, 1.82) is 0 Å². The van der Waals surface area contributed by atoms with Crippen molar-refractivity contribution in [2.45, 2.75) is 6.92 Å². The first-order valence-electron chi connectivity index (χ1n) is 5.65. The fraction of sp³-hybridized carbons (Fsp3) is 0.0769. The zero-order chi connectivity index (χ0) is 14.7. The van der Waals surface area contributed by atoms with Crippen LogP contribution in [-0.4, -0.2) is 15.8 Å². The molecule has 6 nitrogen and oxygen atoms in total. The van der Waals surface area contributed by atoms with E-state index in [2.05, 4.69) is 26.2 Å². The molecule has 0 aliphatic rings. The molecule has 1 amide bonds. The second kappa shape index (κ2) is 5.79. The van der Waals surface area contributed by atoms with Gasteiger partial charge < -0.3 is 5.32 Å². The molecule has 0 saturated carbocycles. The molecule has 0 radical (unpaired) electrons. The van der Waals surface area contributed by atoms with Crippen molar-refractivity contribution >= 4 is 33.3 Å². The average molecular weight is 336 g/mol. The Balaban J connectivity index is 2.18. The number of amides is 1. The standard InChI is InChI=1S/C13H10BrN3O3/c1-8-6-12(15-7-11(8)17(19)20)16-13(18)9-2-4-10(14)5-3-9/h2-7H,1H3,(H,15,16,18). The number of rotatable bonds is 3. The molecule has 1 aromatic heterocycles. The molecular formula is C13H10BrN3O3. The zero-order valence-corrected chi connectivity index (χ0v) is 12.0. The minimum atomic E-state index is -0.511. The number of nitro groups is 1. The van der Waals surface area contributed by atoms with Crippen LogP contribution in [0.1, 0.15) is 15.9 Å². The number of nitrogens with zero attached hydrogens (tertiary/aromatic N) is 2. The van der Waals surface area contributed by atoms with Crippen molar-refractivity contribution in [3.63, 3.8) is 0 Å². The van der Waals surface area contributed by atoms with Crippen molar-refractivity contribution in [2.24, 2.45) is 0 Å². The predicted octanol–water partition coefficient (Wildman–Crippen LogP) is 3.31. The number of aromatic nitrogens is 1. The van der Waals surface area contributed by atoms with Gasteiger partial charge in [-0.05, 0) is 37.3 Å². The molecule has 0 unspecified atom stereocenters. The normalized spacial score (nSPS) is 10.1. The highest BCUT2D eigenvalue weighted by Gasteiger charge is 2.13. The summed E-state index contributed by atoms with van der Waals surface area (Å²) in [7, 11) is 0. The van der Waals surface area contributed by atoms with Crippen LogP contribution in [0, 0.1) is 17.0 Å². The summed E-state index contributed by atoms with van der Waals surface area (Å²) in [6, 6.07) is 8.30. The predicted molar refractivity (Wildman–Crippen MR) is 77.7 cm³/mol. The fourth-order valence-corrected chi connectivity index (χ4v) is 1.86. The van der Waals surface area contributed by atoms with E-state index in [1.807, 2.05) is 0 Å². The van der Waals surface area contributed by atoms with E-state index in [0.29, 0.717) is 11.1 Å². The third kappa shape index (κ3) is 3.18. The first-order chi connectivity index (χ1) is 9.47. The zero-order valence-electron chi connectivity index (χ0n) is 10.5. The molecule has 2 rings (SSSR count). The molecule has 1 aromatic carbocycles. The molecule has 7 heteroatoms. The SMILES string of the molecule is Cc1cc(NC(=O)c2ccc(Br)cc2)ncc1[N+](=O)[O-]. The van der Waals surface area contributed by atoms with Crippen LogP contribution < -0.4 is 5.32 Å². The highest BCUT2D eigenvalue weighted by Crippen LogP contribution is 2.19. The van der Waals surface area contributed by atoms with Crippen LogP contribution in [0.3, 0.4) is 0 Å². The Morgan fingerprint density at radius 1 is 1.35 bits per heavy atom. The van der Waals surface area contributed by atoms with Crippen molar-refractivity contribution < 1.29 is 9.72 Å².